The van der Waals surface area contributed by atoms with E-state index in [0.29, 0.717) is 12.4 Å². The SMILES string of the molecule is CCCCOc1cc(C)c(C)cc1S(=O)(=O)N[C@@H](C)CC. The molecule has 0 unspecified atom stereocenters. The summed E-state index contributed by atoms with van der Waals surface area (Å²) in [7, 11) is -3.55. The summed E-state index contributed by atoms with van der Waals surface area (Å²) in [5.74, 6) is 0.447. The summed E-state index contributed by atoms with van der Waals surface area (Å²) < 4.78 is 33.4. The van der Waals surface area contributed by atoms with E-state index in [2.05, 4.69) is 11.6 Å². The highest BCUT2D eigenvalue weighted by Gasteiger charge is 2.22. The van der Waals surface area contributed by atoms with Gasteiger partial charge in [-0.05, 0) is 56.9 Å². The summed E-state index contributed by atoms with van der Waals surface area (Å²) in [5.41, 5.74) is 1.98. The molecular weight excluding hydrogens is 286 g/mol. The van der Waals surface area contributed by atoms with Crippen molar-refractivity contribution in [1.82, 2.24) is 4.72 Å². The zero-order valence-corrected chi connectivity index (χ0v) is 14.5. The van der Waals surface area contributed by atoms with Crippen LogP contribution in [0.4, 0.5) is 0 Å². The van der Waals surface area contributed by atoms with E-state index < -0.39 is 10.0 Å². The predicted molar refractivity (Wildman–Crippen MR) is 86.4 cm³/mol. The number of hydrogen-bond donors (Lipinski definition) is 1. The van der Waals surface area contributed by atoms with Crippen LogP contribution in [-0.4, -0.2) is 21.1 Å². The van der Waals surface area contributed by atoms with E-state index >= 15 is 0 Å². The summed E-state index contributed by atoms with van der Waals surface area (Å²) >= 11 is 0. The number of unbranched alkanes of at least 4 members (excludes halogenated alkanes) is 1. The fourth-order valence-electron chi connectivity index (χ4n) is 1.82. The molecule has 0 heterocycles. The summed E-state index contributed by atoms with van der Waals surface area (Å²) in [4.78, 5) is 0.238. The molecule has 0 spiro atoms. The lowest BCUT2D eigenvalue weighted by Gasteiger charge is -2.17. The molecule has 0 aliphatic rings. The smallest absolute Gasteiger partial charge is 0.244 e. The normalized spacial score (nSPS) is 13.2. The van der Waals surface area contributed by atoms with Crippen molar-refractivity contribution in [1.29, 1.82) is 0 Å². The van der Waals surface area contributed by atoms with Crippen molar-refractivity contribution in [3.05, 3.63) is 23.3 Å². The second-order valence-electron chi connectivity index (χ2n) is 5.52. The van der Waals surface area contributed by atoms with E-state index in [1.165, 1.54) is 0 Å². The van der Waals surface area contributed by atoms with Crippen LogP contribution in [0.3, 0.4) is 0 Å². The first-order valence-corrected chi connectivity index (χ1v) is 9.06. The lowest BCUT2D eigenvalue weighted by atomic mass is 10.1. The number of hydrogen-bond acceptors (Lipinski definition) is 3. The topological polar surface area (TPSA) is 55.4 Å². The summed E-state index contributed by atoms with van der Waals surface area (Å²) in [6.07, 6.45) is 2.67. The van der Waals surface area contributed by atoms with Crippen LogP contribution in [0.5, 0.6) is 5.75 Å². The first kappa shape index (κ1) is 18.0. The van der Waals surface area contributed by atoms with E-state index in [0.717, 1.165) is 30.4 Å². The number of aryl methyl sites for hydroxylation is 2. The third-order valence-electron chi connectivity index (χ3n) is 3.57. The fraction of sp³-hybridized carbons (Fsp3) is 0.625. The van der Waals surface area contributed by atoms with Gasteiger partial charge in [-0.2, -0.15) is 0 Å². The molecule has 1 aromatic rings. The number of rotatable bonds is 8. The van der Waals surface area contributed by atoms with Gasteiger partial charge in [0.1, 0.15) is 10.6 Å². The molecule has 0 aliphatic heterocycles. The highest BCUT2D eigenvalue weighted by Crippen LogP contribution is 2.28. The Bertz CT molecular complexity index is 567. The Hall–Kier alpha value is -1.07. The van der Waals surface area contributed by atoms with Gasteiger partial charge in [-0.15, -0.1) is 0 Å². The van der Waals surface area contributed by atoms with Crippen molar-refractivity contribution in [2.24, 2.45) is 0 Å². The van der Waals surface area contributed by atoms with Gasteiger partial charge in [0.05, 0.1) is 6.61 Å². The number of benzene rings is 1. The summed E-state index contributed by atoms with van der Waals surface area (Å²) in [5, 5.41) is 0. The first-order chi connectivity index (χ1) is 9.81. The molecule has 1 aromatic carbocycles. The Balaban J connectivity index is 3.16. The van der Waals surface area contributed by atoms with Crippen molar-refractivity contribution in [2.45, 2.75) is 64.8 Å². The average molecular weight is 313 g/mol. The van der Waals surface area contributed by atoms with Crippen molar-refractivity contribution >= 4 is 10.0 Å². The van der Waals surface area contributed by atoms with Gasteiger partial charge in [-0.3, -0.25) is 0 Å². The van der Waals surface area contributed by atoms with Crippen LogP contribution in [0.2, 0.25) is 0 Å². The van der Waals surface area contributed by atoms with Gasteiger partial charge in [0.15, 0.2) is 0 Å². The molecule has 4 nitrogen and oxygen atoms in total. The third kappa shape index (κ3) is 5.00. The van der Waals surface area contributed by atoms with Crippen molar-refractivity contribution in [3.63, 3.8) is 0 Å². The van der Waals surface area contributed by atoms with Gasteiger partial charge in [-0.1, -0.05) is 20.3 Å². The minimum atomic E-state index is -3.55. The van der Waals surface area contributed by atoms with Crippen molar-refractivity contribution in [2.75, 3.05) is 6.61 Å². The zero-order valence-electron chi connectivity index (χ0n) is 13.7. The summed E-state index contributed by atoms with van der Waals surface area (Å²) in [6, 6.07) is 3.41. The lowest BCUT2D eigenvalue weighted by Crippen LogP contribution is -2.32. The molecule has 1 atom stereocenters. The maximum atomic E-state index is 12.5. The third-order valence-corrected chi connectivity index (χ3v) is 5.18. The van der Waals surface area contributed by atoms with Crippen LogP contribution in [0.25, 0.3) is 0 Å². The maximum Gasteiger partial charge on any atom is 0.244 e. The minimum absolute atomic E-state index is 0.0971. The van der Waals surface area contributed by atoms with Crippen LogP contribution in [0, 0.1) is 13.8 Å². The molecule has 120 valence electrons. The van der Waals surface area contributed by atoms with Crippen LogP contribution >= 0.6 is 0 Å². The molecule has 0 aromatic heterocycles. The molecular formula is C16H27NO3S. The van der Waals surface area contributed by atoms with Gasteiger partial charge < -0.3 is 4.74 Å². The zero-order chi connectivity index (χ0) is 16.0. The lowest BCUT2D eigenvalue weighted by molar-refractivity contribution is 0.301. The van der Waals surface area contributed by atoms with Gasteiger partial charge in [0.2, 0.25) is 10.0 Å². The second-order valence-corrected chi connectivity index (χ2v) is 7.20. The minimum Gasteiger partial charge on any atom is -0.492 e. The van der Waals surface area contributed by atoms with Crippen LogP contribution < -0.4 is 9.46 Å². The standard InChI is InChI=1S/C16H27NO3S/c1-6-8-9-20-15-10-12(3)13(4)11-16(15)21(18,19)17-14(5)7-2/h10-11,14,17H,6-9H2,1-5H3/t14-/m0/s1. The Morgan fingerprint density at radius 2 is 1.81 bits per heavy atom. The largest absolute Gasteiger partial charge is 0.492 e. The highest BCUT2D eigenvalue weighted by atomic mass is 32.2. The second kappa shape index (κ2) is 7.80. The Morgan fingerprint density at radius 3 is 2.38 bits per heavy atom. The molecule has 0 bridgehead atoms. The highest BCUT2D eigenvalue weighted by molar-refractivity contribution is 7.89. The van der Waals surface area contributed by atoms with Crippen LogP contribution in [0.1, 0.15) is 51.2 Å². The van der Waals surface area contributed by atoms with E-state index in [9.17, 15) is 8.42 Å². The molecule has 0 aliphatic carbocycles. The Labute approximate surface area is 129 Å². The molecule has 0 radical (unpaired) electrons. The fourth-order valence-corrected chi connectivity index (χ4v) is 3.36. The molecule has 21 heavy (non-hydrogen) atoms. The van der Waals surface area contributed by atoms with E-state index in [4.69, 9.17) is 4.74 Å². The monoisotopic (exact) mass is 313 g/mol. The molecule has 0 saturated carbocycles. The van der Waals surface area contributed by atoms with Gasteiger partial charge in [0, 0.05) is 6.04 Å². The van der Waals surface area contributed by atoms with Gasteiger partial charge in [0.25, 0.3) is 0 Å². The summed E-state index contributed by atoms with van der Waals surface area (Å²) in [6.45, 7) is 10.3. The first-order valence-electron chi connectivity index (χ1n) is 7.58. The number of ether oxygens (including phenoxy) is 1. The van der Waals surface area contributed by atoms with Gasteiger partial charge in [-0.25, -0.2) is 13.1 Å². The van der Waals surface area contributed by atoms with Crippen LogP contribution in [0.15, 0.2) is 17.0 Å². The maximum absolute atomic E-state index is 12.5. The number of nitrogens with one attached hydrogen (secondary N) is 1. The predicted octanol–water partition coefficient (Wildman–Crippen LogP) is 3.56. The Kier molecular flexibility index (Phi) is 6.68. The van der Waals surface area contributed by atoms with Crippen molar-refractivity contribution in [3.8, 4) is 5.75 Å². The number of sulfonamides is 1. The van der Waals surface area contributed by atoms with Gasteiger partial charge >= 0.3 is 0 Å². The Morgan fingerprint density at radius 1 is 1.19 bits per heavy atom. The van der Waals surface area contributed by atoms with Crippen molar-refractivity contribution < 1.29 is 13.2 Å². The van der Waals surface area contributed by atoms with Crippen LogP contribution in [-0.2, 0) is 10.0 Å². The molecule has 0 saturated heterocycles. The molecule has 0 amide bonds. The molecule has 1 N–H and O–H groups in total. The van der Waals surface area contributed by atoms with E-state index in [1.807, 2.05) is 33.8 Å². The quantitative estimate of drug-likeness (QED) is 0.747. The molecule has 1 rings (SSSR count). The molecule has 0 fully saturated rings. The van der Waals surface area contributed by atoms with E-state index in [1.54, 1.807) is 6.07 Å². The van der Waals surface area contributed by atoms with E-state index in [-0.39, 0.29) is 10.9 Å². The molecule has 5 heteroatoms. The average Bonchev–Trinajstić information content (AvgIpc) is 2.41.